The van der Waals surface area contributed by atoms with Crippen LogP contribution in [-0.4, -0.2) is 33.4 Å². The van der Waals surface area contributed by atoms with E-state index in [1.54, 1.807) is 0 Å². The smallest absolute Gasteiger partial charge is 0.226 e. The number of rotatable bonds is 5. The quantitative estimate of drug-likeness (QED) is 0.840. The van der Waals surface area contributed by atoms with E-state index in [4.69, 9.17) is 0 Å². The second-order valence-corrected chi connectivity index (χ2v) is 5.31. The third kappa shape index (κ3) is 2.84. The van der Waals surface area contributed by atoms with E-state index in [1.807, 2.05) is 37.2 Å². The fourth-order valence-electron chi connectivity index (χ4n) is 2.46. The Kier molecular flexibility index (Phi) is 4.42. The van der Waals surface area contributed by atoms with E-state index in [1.165, 1.54) is 0 Å². The first-order valence-electron chi connectivity index (χ1n) is 7.30. The van der Waals surface area contributed by atoms with E-state index in [0.29, 0.717) is 12.5 Å². The third-order valence-electron chi connectivity index (χ3n) is 3.67. The fraction of sp³-hybridized carbons (Fsp3) is 0.500. The lowest BCUT2D eigenvalue weighted by Crippen LogP contribution is -2.31. The average molecular weight is 273 g/mol. The minimum atomic E-state index is 0.178. The van der Waals surface area contributed by atoms with Crippen LogP contribution in [0.4, 0.5) is 0 Å². The van der Waals surface area contributed by atoms with E-state index in [0.717, 1.165) is 29.7 Å². The Balaban J connectivity index is 2.22. The van der Waals surface area contributed by atoms with Crippen LogP contribution >= 0.6 is 0 Å². The maximum absolute atomic E-state index is 12.1. The van der Waals surface area contributed by atoms with Crippen LogP contribution in [0.5, 0.6) is 0 Å². The van der Waals surface area contributed by atoms with Gasteiger partial charge in [-0.05, 0) is 45.4 Å². The summed E-state index contributed by atoms with van der Waals surface area (Å²) in [5.41, 5.74) is 3.12. The number of imidazole rings is 1. The van der Waals surface area contributed by atoms with Crippen LogP contribution in [0.25, 0.3) is 11.0 Å². The average Bonchev–Trinajstić information content (AvgIpc) is 2.83. The molecule has 0 N–H and O–H groups in total. The topological polar surface area (TPSA) is 38.1 Å². The van der Waals surface area contributed by atoms with Crippen LogP contribution in [0.15, 0.2) is 24.5 Å². The zero-order valence-electron chi connectivity index (χ0n) is 12.8. The van der Waals surface area contributed by atoms with Crippen LogP contribution in [0.1, 0.15) is 39.3 Å². The van der Waals surface area contributed by atoms with Gasteiger partial charge in [0.25, 0.3) is 0 Å². The Bertz CT molecular complexity index is 597. The second kappa shape index (κ2) is 6.07. The Morgan fingerprint density at radius 3 is 2.60 bits per heavy atom. The molecular weight excluding hydrogens is 250 g/mol. The molecule has 0 bridgehead atoms. The summed E-state index contributed by atoms with van der Waals surface area (Å²) in [6.07, 6.45) is 2.32. The SMILES string of the molecule is CCN(CC)C(=O)Cc1ccc2c(c1)ncn2C(C)C. The van der Waals surface area contributed by atoms with Gasteiger partial charge in [-0.3, -0.25) is 4.79 Å². The van der Waals surface area contributed by atoms with Crippen LogP contribution in [0, 0.1) is 0 Å². The lowest BCUT2D eigenvalue weighted by atomic mass is 10.1. The summed E-state index contributed by atoms with van der Waals surface area (Å²) in [4.78, 5) is 18.4. The molecule has 4 heteroatoms. The van der Waals surface area contributed by atoms with Crippen LogP contribution in [-0.2, 0) is 11.2 Å². The minimum Gasteiger partial charge on any atom is -0.343 e. The number of hydrogen-bond acceptors (Lipinski definition) is 2. The lowest BCUT2D eigenvalue weighted by Gasteiger charge is -2.18. The van der Waals surface area contributed by atoms with E-state index >= 15 is 0 Å². The number of carbonyl (C=O) groups excluding carboxylic acids is 1. The van der Waals surface area contributed by atoms with E-state index < -0.39 is 0 Å². The van der Waals surface area contributed by atoms with Crippen molar-refractivity contribution in [3.63, 3.8) is 0 Å². The van der Waals surface area contributed by atoms with Crippen molar-refractivity contribution >= 4 is 16.9 Å². The summed E-state index contributed by atoms with van der Waals surface area (Å²) in [7, 11) is 0. The zero-order chi connectivity index (χ0) is 14.7. The summed E-state index contributed by atoms with van der Waals surface area (Å²) in [6, 6.07) is 6.51. The molecular formula is C16H23N3O. The number of fused-ring (bicyclic) bond motifs is 1. The molecule has 0 unspecified atom stereocenters. The predicted molar refractivity (Wildman–Crippen MR) is 81.8 cm³/mol. The Morgan fingerprint density at radius 1 is 1.30 bits per heavy atom. The van der Waals surface area contributed by atoms with E-state index in [-0.39, 0.29) is 5.91 Å². The van der Waals surface area contributed by atoms with Gasteiger partial charge in [0.1, 0.15) is 0 Å². The number of nitrogens with zero attached hydrogens (tertiary/aromatic N) is 3. The largest absolute Gasteiger partial charge is 0.343 e. The highest BCUT2D eigenvalue weighted by molar-refractivity contribution is 5.82. The summed E-state index contributed by atoms with van der Waals surface area (Å²) >= 11 is 0. The molecule has 20 heavy (non-hydrogen) atoms. The van der Waals surface area contributed by atoms with Gasteiger partial charge in [0.05, 0.1) is 23.8 Å². The molecule has 1 amide bonds. The molecule has 1 aromatic heterocycles. The van der Waals surface area contributed by atoms with Gasteiger partial charge in [0.2, 0.25) is 5.91 Å². The maximum Gasteiger partial charge on any atom is 0.226 e. The molecule has 0 radical (unpaired) electrons. The lowest BCUT2D eigenvalue weighted by molar-refractivity contribution is -0.130. The zero-order valence-corrected chi connectivity index (χ0v) is 12.8. The molecule has 0 aliphatic rings. The second-order valence-electron chi connectivity index (χ2n) is 5.31. The Labute approximate surface area is 120 Å². The first-order valence-corrected chi connectivity index (χ1v) is 7.30. The Hall–Kier alpha value is -1.84. The van der Waals surface area contributed by atoms with Crippen molar-refractivity contribution in [1.29, 1.82) is 0 Å². The van der Waals surface area contributed by atoms with E-state index in [9.17, 15) is 4.79 Å². The Morgan fingerprint density at radius 2 is 2.00 bits per heavy atom. The number of benzene rings is 1. The van der Waals surface area contributed by atoms with Gasteiger partial charge in [-0.15, -0.1) is 0 Å². The van der Waals surface area contributed by atoms with Crippen LogP contribution in [0.2, 0.25) is 0 Å². The van der Waals surface area contributed by atoms with Crippen molar-refractivity contribution in [2.24, 2.45) is 0 Å². The monoisotopic (exact) mass is 273 g/mol. The highest BCUT2D eigenvalue weighted by Crippen LogP contribution is 2.19. The number of hydrogen-bond donors (Lipinski definition) is 0. The van der Waals surface area contributed by atoms with Crippen molar-refractivity contribution < 1.29 is 4.79 Å². The first kappa shape index (κ1) is 14.6. The fourth-order valence-corrected chi connectivity index (χ4v) is 2.46. The van der Waals surface area contributed by atoms with Crippen LogP contribution in [0.3, 0.4) is 0 Å². The summed E-state index contributed by atoms with van der Waals surface area (Å²) < 4.78 is 2.14. The molecule has 4 nitrogen and oxygen atoms in total. The first-order chi connectivity index (χ1) is 9.56. The normalized spacial score (nSPS) is 11.2. The molecule has 0 saturated heterocycles. The molecule has 1 aromatic carbocycles. The molecule has 0 spiro atoms. The van der Waals surface area contributed by atoms with Gasteiger partial charge in [-0.1, -0.05) is 6.07 Å². The van der Waals surface area contributed by atoms with E-state index in [2.05, 4.69) is 29.5 Å². The molecule has 1 heterocycles. The molecule has 108 valence electrons. The van der Waals surface area contributed by atoms with Crippen molar-refractivity contribution in [2.75, 3.05) is 13.1 Å². The highest BCUT2D eigenvalue weighted by Gasteiger charge is 2.12. The molecule has 0 atom stereocenters. The third-order valence-corrected chi connectivity index (χ3v) is 3.67. The number of carbonyl (C=O) groups is 1. The highest BCUT2D eigenvalue weighted by atomic mass is 16.2. The van der Waals surface area contributed by atoms with Crippen LogP contribution < -0.4 is 0 Å². The molecule has 2 aromatic rings. The standard InChI is InChI=1S/C16H23N3O/c1-5-18(6-2)16(20)10-13-7-8-15-14(9-13)17-11-19(15)12(3)4/h7-9,11-12H,5-6,10H2,1-4H3. The van der Waals surface area contributed by atoms with Gasteiger partial charge in [0, 0.05) is 19.1 Å². The molecule has 2 rings (SSSR count). The maximum atomic E-state index is 12.1. The molecule has 0 saturated carbocycles. The van der Waals surface area contributed by atoms with Crippen molar-refractivity contribution in [1.82, 2.24) is 14.5 Å². The molecule has 0 aliphatic carbocycles. The summed E-state index contributed by atoms with van der Waals surface area (Å²) in [5, 5.41) is 0. The summed E-state index contributed by atoms with van der Waals surface area (Å²) in [6.45, 7) is 9.82. The molecule has 0 fully saturated rings. The van der Waals surface area contributed by atoms with Crippen molar-refractivity contribution in [3.8, 4) is 0 Å². The summed E-state index contributed by atoms with van der Waals surface area (Å²) in [5.74, 6) is 0.178. The van der Waals surface area contributed by atoms with Gasteiger partial charge in [0.15, 0.2) is 0 Å². The predicted octanol–water partition coefficient (Wildman–Crippen LogP) is 3.03. The van der Waals surface area contributed by atoms with Gasteiger partial charge in [-0.2, -0.15) is 0 Å². The van der Waals surface area contributed by atoms with Crippen molar-refractivity contribution in [3.05, 3.63) is 30.1 Å². The number of likely N-dealkylation sites (N-methyl/N-ethyl adjacent to an activating group) is 1. The van der Waals surface area contributed by atoms with Gasteiger partial charge >= 0.3 is 0 Å². The molecule has 0 aliphatic heterocycles. The van der Waals surface area contributed by atoms with Gasteiger partial charge < -0.3 is 9.47 Å². The minimum absolute atomic E-state index is 0.178. The van der Waals surface area contributed by atoms with Crippen molar-refractivity contribution in [2.45, 2.75) is 40.2 Å². The number of aromatic nitrogens is 2. The number of amides is 1. The van der Waals surface area contributed by atoms with Gasteiger partial charge in [-0.25, -0.2) is 4.98 Å².